The van der Waals surface area contributed by atoms with E-state index in [4.69, 9.17) is 4.74 Å². The summed E-state index contributed by atoms with van der Waals surface area (Å²) in [5, 5.41) is 5.49. The first-order valence-corrected chi connectivity index (χ1v) is 11.2. The van der Waals surface area contributed by atoms with E-state index in [1.807, 2.05) is 64.6 Å². The smallest absolute Gasteiger partial charge is 0.230 e. The van der Waals surface area contributed by atoms with Crippen LogP contribution < -0.4 is 10.1 Å². The van der Waals surface area contributed by atoms with E-state index >= 15 is 0 Å². The van der Waals surface area contributed by atoms with Gasteiger partial charge in [-0.05, 0) is 48.5 Å². The number of nitrogens with zero attached hydrogens (tertiary/aromatic N) is 3. The molecule has 1 N–H and O–H groups in total. The highest BCUT2D eigenvalue weighted by Crippen LogP contribution is 2.22. The minimum atomic E-state index is -0.310. The van der Waals surface area contributed by atoms with Crippen LogP contribution in [0.3, 0.4) is 0 Å². The third-order valence-corrected chi connectivity index (χ3v) is 5.82. The van der Waals surface area contributed by atoms with Crippen LogP contribution in [0.5, 0.6) is 5.75 Å². The molecule has 2 aromatic carbocycles. The molecule has 0 aliphatic carbocycles. The van der Waals surface area contributed by atoms with Crippen molar-refractivity contribution in [2.24, 2.45) is 0 Å². The fourth-order valence-corrected chi connectivity index (χ4v) is 4.05. The molecule has 3 aromatic heterocycles. The van der Waals surface area contributed by atoms with Crippen LogP contribution >= 0.6 is 11.3 Å². The van der Waals surface area contributed by atoms with E-state index < -0.39 is 0 Å². The van der Waals surface area contributed by atoms with Crippen molar-refractivity contribution in [1.29, 1.82) is 0 Å². The maximum Gasteiger partial charge on any atom is 0.230 e. The normalized spacial score (nSPS) is 10.9. The Morgan fingerprint density at radius 1 is 1.03 bits per heavy atom. The highest BCUT2D eigenvalue weighted by molar-refractivity contribution is 7.09. The van der Waals surface area contributed by atoms with Gasteiger partial charge in [0.25, 0.3) is 0 Å². The second kappa shape index (κ2) is 9.22. The maximum absolute atomic E-state index is 13.0. The number of carbonyl (C=O) groups is 1. The molecular formula is C25H19FN4O2S. The highest BCUT2D eigenvalue weighted by Gasteiger charge is 2.10. The van der Waals surface area contributed by atoms with Crippen LogP contribution in [0.1, 0.15) is 10.7 Å². The van der Waals surface area contributed by atoms with Crippen molar-refractivity contribution in [3.8, 4) is 17.0 Å². The number of carbonyl (C=O) groups excluding carboxylic acids is 1. The van der Waals surface area contributed by atoms with Gasteiger partial charge in [0.2, 0.25) is 5.91 Å². The number of halogens is 1. The third kappa shape index (κ3) is 5.07. The zero-order chi connectivity index (χ0) is 22.6. The standard InChI is InChI=1S/C25H19FN4O2S/c26-18-6-10-21(11-7-18)32-15-25-28-20(16-33-25)13-24(31)27-19-8-4-17(5-9-19)22-14-30-12-2-1-3-23(30)29-22/h1-12,14,16H,13,15H2,(H,27,31). The lowest BCUT2D eigenvalue weighted by molar-refractivity contribution is -0.115. The van der Waals surface area contributed by atoms with Crippen molar-refractivity contribution < 1.29 is 13.9 Å². The molecule has 0 unspecified atom stereocenters. The highest BCUT2D eigenvalue weighted by atomic mass is 32.1. The average Bonchev–Trinajstić information content (AvgIpc) is 3.46. The van der Waals surface area contributed by atoms with Gasteiger partial charge in [-0.15, -0.1) is 11.3 Å². The van der Waals surface area contributed by atoms with Crippen LogP contribution in [0.25, 0.3) is 16.9 Å². The zero-order valence-corrected chi connectivity index (χ0v) is 18.3. The second-order valence-electron chi connectivity index (χ2n) is 7.37. The van der Waals surface area contributed by atoms with Crippen molar-refractivity contribution in [2.75, 3.05) is 5.32 Å². The first-order chi connectivity index (χ1) is 16.1. The number of benzene rings is 2. The van der Waals surface area contributed by atoms with Gasteiger partial charge in [-0.2, -0.15) is 0 Å². The largest absolute Gasteiger partial charge is 0.486 e. The van der Waals surface area contributed by atoms with Gasteiger partial charge in [0, 0.05) is 29.0 Å². The number of hydrogen-bond donors (Lipinski definition) is 1. The maximum atomic E-state index is 13.0. The summed E-state index contributed by atoms with van der Waals surface area (Å²) in [6.45, 7) is 0.266. The van der Waals surface area contributed by atoms with Crippen molar-refractivity contribution in [2.45, 2.75) is 13.0 Å². The van der Waals surface area contributed by atoms with Gasteiger partial charge in [0.05, 0.1) is 17.8 Å². The van der Waals surface area contributed by atoms with Crippen molar-refractivity contribution in [3.05, 3.63) is 101 Å². The molecule has 0 atom stereocenters. The molecule has 0 bridgehead atoms. The number of fused-ring (bicyclic) bond motifs is 1. The summed E-state index contributed by atoms with van der Waals surface area (Å²) in [7, 11) is 0. The van der Waals surface area contributed by atoms with E-state index in [2.05, 4.69) is 15.3 Å². The topological polar surface area (TPSA) is 68.5 Å². The molecule has 5 rings (SSSR count). The summed E-state index contributed by atoms with van der Waals surface area (Å²) in [5.41, 5.74) is 4.12. The van der Waals surface area contributed by atoms with E-state index in [-0.39, 0.29) is 24.8 Å². The summed E-state index contributed by atoms with van der Waals surface area (Å²) < 4.78 is 20.5. The predicted octanol–water partition coefficient (Wildman–Crippen LogP) is 5.36. The van der Waals surface area contributed by atoms with Gasteiger partial charge in [0.1, 0.15) is 28.8 Å². The number of amides is 1. The molecule has 0 spiro atoms. The van der Waals surface area contributed by atoms with Crippen LogP contribution in [-0.2, 0) is 17.8 Å². The lowest BCUT2D eigenvalue weighted by Crippen LogP contribution is -2.14. The van der Waals surface area contributed by atoms with Crippen molar-refractivity contribution in [1.82, 2.24) is 14.4 Å². The fourth-order valence-electron chi connectivity index (χ4n) is 3.34. The number of aromatic nitrogens is 3. The molecule has 6 nitrogen and oxygen atoms in total. The molecule has 164 valence electrons. The Bertz CT molecular complexity index is 1360. The van der Waals surface area contributed by atoms with E-state index in [1.54, 1.807) is 12.1 Å². The van der Waals surface area contributed by atoms with Crippen LogP contribution in [-0.4, -0.2) is 20.3 Å². The van der Waals surface area contributed by atoms with Gasteiger partial charge in [0.15, 0.2) is 0 Å². The monoisotopic (exact) mass is 458 g/mol. The molecule has 3 heterocycles. The fraction of sp³-hybridized carbons (Fsp3) is 0.0800. The molecule has 0 saturated carbocycles. The molecule has 0 radical (unpaired) electrons. The Kier molecular flexibility index (Phi) is 5.82. The van der Waals surface area contributed by atoms with Gasteiger partial charge in [-0.1, -0.05) is 18.2 Å². The average molecular weight is 459 g/mol. The number of hydrogen-bond acceptors (Lipinski definition) is 5. The third-order valence-electron chi connectivity index (χ3n) is 4.95. The minimum Gasteiger partial charge on any atom is -0.486 e. The molecule has 0 aliphatic rings. The predicted molar refractivity (Wildman–Crippen MR) is 126 cm³/mol. The van der Waals surface area contributed by atoms with Crippen LogP contribution in [0, 0.1) is 5.82 Å². The van der Waals surface area contributed by atoms with E-state index in [0.717, 1.165) is 21.9 Å². The van der Waals surface area contributed by atoms with E-state index in [9.17, 15) is 9.18 Å². The first-order valence-electron chi connectivity index (χ1n) is 10.3. The van der Waals surface area contributed by atoms with Crippen LogP contribution in [0.4, 0.5) is 10.1 Å². The second-order valence-corrected chi connectivity index (χ2v) is 8.31. The van der Waals surface area contributed by atoms with Gasteiger partial charge in [-0.3, -0.25) is 4.79 Å². The molecule has 1 amide bonds. The summed E-state index contributed by atoms with van der Waals surface area (Å²) in [6.07, 6.45) is 4.10. The number of pyridine rings is 1. The van der Waals surface area contributed by atoms with Crippen LogP contribution in [0.2, 0.25) is 0 Å². The van der Waals surface area contributed by atoms with E-state index in [0.29, 0.717) is 17.1 Å². The Morgan fingerprint density at radius 2 is 1.85 bits per heavy atom. The SMILES string of the molecule is O=C(Cc1csc(COc2ccc(F)cc2)n1)Nc1ccc(-c2cn3ccccc3n2)cc1. The Hall–Kier alpha value is -4.04. The quantitative estimate of drug-likeness (QED) is 0.357. The van der Waals surface area contributed by atoms with Crippen LogP contribution in [0.15, 0.2) is 84.5 Å². The number of nitrogens with one attached hydrogen (secondary N) is 1. The van der Waals surface area contributed by atoms with Crippen molar-refractivity contribution in [3.63, 3.8) is 0 Å². The summed E-state index contributed by atoms with van der Waals surface area (Å²) >= 11 is 1.42. The van der Waals surface area contributed by atoms with Gasteiger partial charge in [-0.25, -0.2) is 14.4 Å². The molecule has 5 aromatic rings. The lowest BCUT2D eigenvalue weighted by atomic mass is 10.1. The first kappa shape index (κ1) is 20.8. The minimum absolute atomic E-state index is 0.146. The van der Waals surface area contributed by atoms with Gasteiger partial charge >= 0.3 is 0 Å². The molecule has 0 aliphatic heterocycles. The number of anilines is 1. The molecular weight excluding hydrogens is 439 g/mol. The number of thiazole rings is 1. The number of ether oxygens (including phenoxy) is 1. The number of imidazole rings is 1. The molecule has 33 heavy (non-hydrogen) atoms. The summed E-state index contributed by atoms with van der Waals surface area (Å²) in [5.74, 6) is 0.111. The van der Waals surface area contributed by atoms with Gasteiger partial charge < -0.3 is 14.5 Å². The molecule has 8 heteroatoms. The zero-order valence-electron chi connectivity index (χ0n) is 17.4. The summed E-state index contributed by atoms with van der Waals surface area (Å²) in [6, 6.07) is 19.3. The number of rotatable bonds is 7. The molecule has 0 saturated heterocycles. The lowest BCUT2D eigenvalue weighted by Gasteiger charge is -2.05. The Morgan fingerprint density at radius 3 is 2.64 bits per heavy atom. The Labute approximate surface area is 193 Å². The van der Waals surface area contributed by atoms with Crippen molar-refractivity contribution >= 4 is 28.6 Å². The molecule has 0 fully saturated rings. The van der Waals surface area contributed by atoms with E-state index in [1.165, 1.54) is 23.5 Å². The summed E-state index contributed by atoms with van der Waals surface area (Å²) in [4.78, 5) is 21.5. The Balaban J connectivity index is 1.16.